The summed E-state index contributed by atoms with van der Waals surface area (Å²) in [6.45, 7) is 0. The number of hydrogen-bond acceptors (Lipinski definition) is 2. The summed E-state index contributed by atoms with van der Waals surface area (Å²) in [5, 5.41) is 0. The molecule has 0 saturated carbocycles. The largest absolute Gasteiger partial charge is 0.369 e. The molecule has 1 atom stereocenters. The molecule has 0 fully saturated rings. The van der Waals surface area contributed by atoms with Crippen molar-refractivity contribution in [2.75, 3.05) is 0 Å². The number of fused-ring (bicyclic) bond motifs is 1. The van der Waals surface area contributed by atoms with Crippen LogP contribution in [0.4, 0.5) is 0 Å². The SMILES string of the molecule is NC(=O)C1CC(=O)c2ccccc2C1. The number of amides is 1. The van der Waals surface area contributed by atoms with Crippen LogP contribution in [0.1, 0.15) is 22.3 Å². The first-order chi connectivity index (χ1) is 6.68. The molecular formula is C11H11NO2. The number of nitrogens with two attached hydrogens (primary N) is 1. The zero-order valence-electron chi connectivity index (χ0n) is 7.69. The second-order valence-corrected chi connectivity index (χ2v) is 3.59. The van der Waals surface area contributed by atoms with Gasteiger partial charge in [0, 0.05) is 17.9 Å². The summed E-state index contributed by atoms with van der Waals surface area (Å²) >= 11 is 0. The van der Waals surface area contributed by atoms with E-state index >= 15 is 0 Å². The Morgan fingerprint density at radius 1 is 1.29 bits per heavy atom. The van der Waals surface area contributed by atoms with Crippen LogP contribution in [0.3, 0.4) is 0 Å². The lowest BCUT2D eigenvalue weighted by Crippen LogP contribution is -2.31. The monoisotopic (exact) mass is 189 g/mol. The van der Waals surface area contributed by atoms with Crippen molar-refractivity contribution >= 4 is 11.7 Å². The number of Topliss-reactive ketones (excluding diaryl/α,β-unsaturated/α-hetero) is 1. The summed E-state index contributed by atoms with van der Waals surface area (Å²) in [6, 6.07) is 7.38. The fraction of sp³-hybridized carbons (Fsp3) is 0.273. The Bertz CT molecular complexity index is 398. The number of carbonyl (C=O) groups is 2. The van der Waals surface area contributed by atoms with Gasteiger partial charge in [0.05, 0.1) is 0 Å². The Morgan fingerprint density at radius 3 is 2.71 bits per heavy atom. The molecule has 1 amide bonds. The molecule has 2 N–H and O–H groups in total. The summed E-state index contributed by atoms with van der Waals surface area (Å²) in [4.78, 5) is 22.6. The number of ketones is 1. The average Bonchev–Trinajstić information content (AvgIpc) is 2.17. The van der Waals surface area contributed by atoms with E-state index in [4.69, 9.17) is 5.73 Å². The summed E-state index contributed by atoms with van der Waals surface area (Å²) in [5.41, 5.74) is 6.87. The molecule has 1 aromatic rings. The second-order valence-electron chi connectivity index (χ2n) is 3.59. The Morgan fingerprint density at radius 2 is 2.00 bits per heavy atom. The minimum atomic E-state index is -0.382. The normalized spacial score (nSPS) is 20.3. The molecule has 0 spiro atoms. The maximum Gasteiger partial charge on any atom is 0.221 e. The highest BCUT2D eigenvalue weighted by Crippen LogP contribution is 2.24. The predicted molar refractivity (Wildman–Crippen MR) is 51.8 cm³/mol. The van der Waals surface area contributed by atoms with Crippen LogP contribution < -0.4 is 5.73 Å². The van der Waals surface area contributed by atoms with Crippen LogP contribution in [0.5, 0.6) is 0 Å². The van der Waals surface area contributed by atoms with Gasteiger partial charge in [-0.15, -0.1) is 0 Å². The van der Waals surface area contributed by atoms with E-state index in [-0.39, 0.29) is 24.0 Å². The molecule has 72 valence electrons. The Kier molecular flexibility index (Phi) is 2.08. The lowest BCUT2D eigenvalue weighted by atomic mass is 9.83. The van der Waals surface area contributed by atoms with Crippen LogP contribution in [-0.4, -0.2) is 11.7 Å². The summed E-state index contributed by atoms with van der Waals surface area (Å²) < 4.78 is 0. The molecule has 1 aromatic carbocycles. The van der Waals surface area contributed by atoms with E-state index in [0.717, 1.165) is 11.1 Å². The van der Waals surface area contributed by atoms with Crippen molar-refractivity contribution in [3.05, 3.63) is 35.4 Å². The number of primary amides is 1. The van der Waals surface area contributed by atoms with E-state index in [1.807, 2.05) is 18.2 Å². The van der Waals surface area contributed by atoms with Gasteiger partial charge in [-0.1, -0.05) is 24.3 Å². The van der Waals surface area contributed by atoms with Gasteiger partial charge in [-0.3, -0.25) is 9.59 Å². The highest BCUT2D eigenvalue weighted by atomic mass is 16.1. The Balaban J connectivity index is 2.38. The highest BCUT2D eigenvalue weighted by molar-refractivity contribution is 6.01. The average molecular weight is 189 g/mol. The molecule has 0 bridgehead atoms. The van der Waals surface area contributed by atoms with E-state index in [0.29, 0.717) is 6.42 Å². The Labute approximate surface area is 81.9 Å². The van der Waals surface area contributed by atoms with Gasteiger partial charge in [0.1, 0.15) is 0 Å². The van der Waals surface area contributed by atoms with Crippen LogP contribution in [0.2, 0.25) is 0 Å². The van der Waals surface area contributed by atoms with Crippen molar-refractivity contribution in [1.29, 1.82) is 0 Å². The van der Waals surface area contributed by atoms with Crippen molar-refractivity contribution < 1.29 is 9.59 Å². The minimum absolute atomic E-state index is 0.0238. The lowest BCUT2D eigenvalue weighted by molar-refractivity contribution is -0.121. The van der Waals surface area contributed by atoms with E-state index in [9.17, 15) is 9.59 Å². The fourth-order valence-electron chi connectivity index (χ4n) is 1.84. The zero-order chi connectivity index (χ0) is 10.1. The second kappa shape index (κ2) is 3.25. The molecule has 0 radical (unpaired) electrons. The number of rotatable bonds is 1. The maximum atomic E-state index is 11.6. The van der Waals surface area contributed by atoms with Crippen molar-refractivity contribution in [2.45, 2.75) is 12.8 Å². The summed E-state index contributed by atoms with van der Waals surface area (Å²) in [5.74, 6) is -0.680. The number of benzene rings is 1. The molecule has 14 heavy (non-hydrogen) atoms. The van der Waals surface area contributed by atoms with Gasteiger partial charge in [0.25, 0.3) is 0 Å². The molecule has 0 aromatic heterocycles. The number of hydrogen-bond donors (Lipinski definition) is 1. The quantitative estimate of drug-likeness (QED) is 0.714. The van der Waals surface area contributed by atoms with Crippen LogP contribution in [0.25, 0.3) is 0 Å². The standard InChI is InChI=1S/C11H11NO2/c12-11(14)8-5-7-3-1-2-4-9(7)10(13)6-8/h1-4,8H,5-6H2,(H2,12,14). The van der Waals surface area contributed by atoms with Gasteiger partial charge in [-0.2, -0.15) is 0 Å². The molecular weight excluding hydrogens is 178 g/mol. The molecule has 1 aliphatic rings. The molecule has 0 aliphatic heterocycles. The van der Waals surface area contributed by atoms with Crippen LogP contribution in [-0.2, 0) is 11.2 Å². The molecule has 1 unspecified atom stereocenters. The van der Waals surface area contributed by atoms with Gasteiger partial charge in [0.2, 0.25) is 5.91 Å². The van der Waals surface area contributed by atoms with Gasteiger partial charge in [0.15, 0.2) is 5.78 Å². The third kappa shape index (κ3) is 1.41. The van der Waals surface area contributed by atoms with E-state index < -0.39 is 0 Å². The Hall–Kier alpha value is -1.64. The predicted octanol–water partition coefficient (Wildman–Crippen LogP) is 0.917. The third-order valence-corrected chi connectivity index (χ3v) is 2.62. The van der Waals surface area contributed by atoms with Crippen LogP contribution in [0.15, 0.2) is 24.3 Å². The van der Waals surface area contributed by atoms with Crippen LogP contribution >= 0.6 is 0 Å². The van der Waals surface area contributed by atoms with Crippen LogP contribution in [0, 0.1) is 5.92 Å². The van der Waals surface area contributed by atoms with Crippen molar-refractivity contribution in [2.24, 2.45) is 11.7 Å². The maximum absolute atomic E-state index is 11.6. The summed E-state index contributed by atoms with van der Waals surface area (Å²) in [7, 11) is 0. The first kappa shape index (κ1) is 8.94. The zero-order valence-corrected chi connectivity index (χ0v) is 7.69. The number of carbonyl (C=O) groups excluding carboxylic acids is 2. The van der Waals surface area contributed by atoms with Gasteiger partial charge in [-0.05, 0) is 12.0 Å². The first-order valence-electron chi connectivity index (χ1n) is 4.59. The van der Waals surface area contributed by atoms with E-state index in [1.165, 1.54) is 0 Å². The topological polar surface area (TPSA) is 60.2 Å². The minimum Gasteiger partial charge on any atom is -0.369 e. The van der Waals surface area contributed by atoms with Crippen molar-refractivity contribution in [1.82, 2.24) is 0 Å². The smallest absolute Gasteiger partial charge is 0.221 e. The van der Waals surface area contributed by atoms with E-state index in [1.54, 1.807) is 6.07 Å². The fourth-order valence-corrected chi connectivity index (χ4v) is 1.84. The lowest BCUT2D eigenvalue weighted by Gasteiger charge is -2.20. The first-order valence-corrected chi connectivity index (χ1v) is 4.59. The highest BCUT2D eigenvalue weighted by Gasteiger charge is 2.27. The van der Waals surface area contributed by atoms with Gasteiger partial charge >= 0.3 is 0 Å². The molecule has 3 heteroatoms. The van der Waals surface area contributed by atoms with Crippen molar-refractivity contribution in [3.63, 3.8) is 0 Å². The molecule has 2 rings (SSSR count). The third-order valence-electron chi connectivity index (χ3n) is 2.62. The molecule has 0 heterocycles. The van der Waals surface area contributed by atoms with Gasteiger partial charge < -0.3 is 5.73 Å². The van der Waals surface area contributed by atoms with E-state index in [2.05, 4.69) is 0 Å². The molecule has 1 aliphatic carbocycles. The van der Waals surface area contributed by atoms with Gasteiger partial charge in [-0.25, -0.2) is 0 Å². The molecule has 3 nitrogen and oxygen atoms in total. The van der Waals surface area contributed by atoms with Crippen molar-refractivity contribution in [3.8, 4) is 0 Å². The summed E-state index contributed by atoms with van der Waals surface area (Å²) in [6.07, 6.45) is 0.851. The molecule has 0 saturated heterocycles.